The average molecular weight is 497 g/mol. The van der Waals surface area contributed by atoms with Crippen LogP contribution < -0.4 is 5.32 Å². The van der Waals surface area contributed by atoms with Crippen molar-refractivity contribution in [3.8, 4) is 11.1 Å². The van der Waals surface area contributed by atoms with Crippen LogP contribution in [0.5, 0.6) is 0 Å². The molecule has 8 nitrogen and oxygen atoms in total. The minimum Gasteiger partial charge on any atom is -0.468 e. The molecular weight excluding hydrogens is 460 g/mol. The molecule has 2 aliphatic heterocycles. The Kier molecular flexibility index (Phi) is 7.41. The maximum Gasteiger partial charge on any atom is 0.410 e. The fourth-order valence-corrected chi connectivity index (χ4v) is 4.79. The van der Waals surface area contributed by atoms with Gasteiger partial charge in [0, 0.05) is 6.54 Å². The summed E-state index contributed by atoms with van der Waals surface area (Å²) in [7, 11) is 1.37. The number of carbonyl (C=O) groups excluding carboxylic acids is 2. The van der Waals surface area contributed by atoms with E-state index in [4.69, 9.17) is 18.9 Å². The van der Waals surface area contributed by atoms with Crippen LogP contribution in [0, 0.1) is 0 Å². The molecule has 0 radical (unpaired) electrons. The lowest BCUT2D eigenvalue weighted by Crippen LogP contribution is -2.50. The summed E-state index contributed by atoms with van der Waals surface area (Å²) in [6, 6.07) is 16.7. The van der Waals surface area contributed by atoms with Crippen molar-refractivity contribution in [2.45, 2.75) is 70.3 Å². The van der Waals surface area contributed by atoms with E-state index < -0.39 is 29.5 Å². The van der Waals surface area contributed by atoms with Crippen LogP contribution >= 0.6 is 0 Å². The molecule has 194 valence electrons. The minimum atomic E-state index is -0.747. The van der Waals surface area contributed by atoms with Crippen LogP contribution in [-0.4, -0.2) is 66.8 Å². The molecule has 2 fully saturated rings. The monoisotopic (exact) mass is 496 g/mol. The third kappa shape index (κ3) is 5.88. The van der Waals surface area contributed by atoms with E-state index in [1.165, 1.54) is 7.11 Å². The first-order valence-corrected chi connectivity index (χ1v) is 12.3. The quantitative estimate of drug-likeness (QED) is 0.597. The number of rotatable bonds is 6. The number of benzene rings is 2. The van der Waals surface area contributed by atoms with Gasteiger partial charge in [-0.3, -0.25) is 10.2 Å². The summed E-state index contributed by atoms with van der Waals surface area (Å²) in [5.74, 6) is -1.16. The van der Waals surface area contributed by atoms with Crippen LogP contribution in [0.4, 0.5) is 4.79 Å². The van der Waals surface area contributed by atoms with Gasteiger partial charge in [0.15, 0.2) is 5.79 Å². The normalized spacial score (nSPS) is 23.7. The molecule has 8 heteroatoms. The van der Waals surface area contributed by atoms with Crippen LogP contribution in [0.3, 0.4) is 0 Å². The SMILES string of the molecule is COC(=O)[C@H](NC[C@@H]1[C@H]2OC(C)(C)O[C@H]2CN1C(=O)OC(C)(C)C)c1ccc(-c2ccccc2)cc1. The number of nitrogens with one attached hydrogen (secondary N) is 1. The van der Waals surface area contributed by atoms with Gasteiger partial charge in [0.05, 0.1) is 19.7 Å². The second-order valence-corrected chi connectivity index (χ2v) is 10.7. The Hall–Kier alpha value is -2.94. The Morgan fingerprint density at radius 1 is 1.06 bits per heavy atom. The molecule has 36 heavy (non-hydrogen) atoms. The Bertz CT molecular complexity index is 1060. The molecule has 4 rings (SSSR count). The summed E-state index contributed by atoms with van der Waals surface area (Å²) in [5.41, 5.74) is 2.28. The molecule has 0 aliphatic carbocycles. The molecule has 0 saturated carbocycles. The fourth-order valence-electron chi connectivity index (χ4n) is 4.79. The Morgan fingerprint density at radius 2 is 1.69 bits per heavy atom. The van der Waals surface area contributed by atoms with Crippen molar-refractivity contribution in [2.75, 3.05) is 20.2 Å². The van der Waals surface area contributed by atoms with Crippen molar-refractivity contribution in [1.82, 2.24) is 10.2 Å². The third-order valence-electron chi connectivity index (χ3n) is 6.32. The standard InChI is InChI=1S/C28H36N2O6/c1-27(2,3)36-26(32)30-17-22-24(35-28(4,5)34-22)21(30)16-29-23(25(31)33-6)20-14-12-19(13-15-20)18-10-8-7-9-11-18/h7-15,21-24,29H,16-17H2,1-6H3/t21-,22+,23-,24-/m1/s1. The average Bonchev–Trinajstić information content (AvgIpc) is 3.31. The van der Waals surface area contributed by atoms with E-state index in [2.05, 4.69) is 5.32 Å². The first-order chi connectivity index (χ1) is 17.0. The molecule has 4 atom stereocenters. The number of carbonyl (C=O) groups is 2. The molecule has 2 aromatic rings. The number of amides is 1. The summed E-state index contributed by atoms with van der Waals surface area (Å²) >= 11 is 0. The second kappa shape index (κ2) is 10.2. The molecule has 1 N–H and O–H groups in total. The smallest absolute Gasteiger partial charge is 0.410 e. The van der Waals surface area contributed by atoms with E-state index in [0.29, 0.717) is 13.1 Å². The van der Waals surface area contributed by atoms with Gasteiger partial charge in [-0.1, -0.05) is 54.6 Å². The zero-order chi connectivity index (χ0) is 26.1. The van der Waals surface area contributed by atoms with Crippen molar-refractivity contribution < 1.29 is 28.5 Å². The van der Waals surface area contributed by atoms with Crippen LogP contribution in [0.25, 0.3) is 11.1 Å². The number of methoxy groups -OCH3 is 1. The van der Waals surface area contributed by atoms with Crippen molar-refractivity contribution >= 4 is 12.1 Å². The predicted molar refractivity (Wildman–Crippen MR) is 135 cm³/mol. The van der Waals surface area contributed by atoms with Crippen molar-refractivity contribution in [1.29, 1.82) is 0 Å². The maximum absolute atomic E-state index is 13.0. The highest BCUT2D eigenvalue weighted by Crippen LogP contribution is 2.37. The molecule has 0 bridgehead atoms. The summed E-state index contributed by atoms with van der Waals surface area (Å²) in [6.07, 6.45) is -1.06. The van der Waals surface area contributed by atoms with Crippen molar-refractivity contribution in [3.63, 3.8) is 0 Å². The molecule has 2 saturated heterocycles. The number of hydrogen-bond donors (Lipinski definition) is 1. The maximum atomic E-state index is 13.0. The highest BCUT2D eigenvalue weighted by molar-refractivity contribution is 5.78. The molecule has 0 spiro atoms. The van der Waals surface area contributed by atoms with Crippen molar-refractivity contribution in [2.24, 2.45) is 0 Å². The number of fused-ring (bicyclic) bond motifs is 1. The lowest BCUT2D eigenvalue weighted by molar-refractivity contribution is -0.160. The summed E-state index contributed by atoms with van der Waals surface area (Å²) in [6.45, 7) is 9.86. The van der Waals surface area contributed by atoms with Gasteiger partial charge in [-0.15, -0.1) is 0 Å². The second-order valence-electron chi connectivity index (χ2n) is 10.7. The van der Waals surface area contributed by atoms with Gasteiger partial charge in [0.25, 0.3) is 0 Å². The molecule has 1 amide bonds. The van der Waals surface area contributed by atoms with Gasteiger partial charge in [-0.05, 0) is 51.3 Å². The number of ether oxygens (including phenoxy) is 4. The molecule has 2 aliphatic rings. The first-order valence-electron chi connectivity index (χ1n) is 12.3. The largest absolute Gasteiger partial charge is 0.468 e. The zero-order valence-corrected chi connectivity index (χ0v) is 21.8. The molecule has 2 aromatic carbocycles. The van der Waals surface area contributed by atoms with Crippen molar-refractivity contribution in [3.05, 3.63) is 60.2 Å². The fraction of sp³-hybridized carbons (Fsp3) is 0.500. The zero-order valence-electron chi connectivity index (χ0n) is 21.8. The Morgan fingerprint density at radius 3 is 2.31 bits per heavy atom. The predicted octanol–water partition coefficient (Wildman–Crippen LogP) is 4.30. The Labute approximate surface area is 212 Å². The molecular formula is C28H36N2O6. The Balaban J connectivity index is 1.53. The number of hydrogen-bond acceptors (Lipinski definition) is 7. The topological polar surface area (TPSA) is 86.3 Å². The van der Waals surface area contributed by atoms with E-state index in [1.54, 1.807) is 4.90 Å². The number of esters is 1. The van der Waals surface area contributed by atoms with Crippen LogP contribution in [-0.2, 0) is 23.7 Å². The summed E-state index contributed by atoms with van der Waals surface area (Å²) < 4.78 is 22.9. The highest BCUT2D eigenvalue weighted by atomic mass is 16.8. The van der Waals surface area contributed by atoms with Gasteiger partial charge < -0.3 is 18.9 Å². The van der Waals surface area contributed by atoms with Gasteiger partial charge in [-0.25, -0.2) is 9.59 Å². The number of nitrogens with zero attached hydrogens (tertiary/aromatic N) is 1. The molecule has 0 unspecified atom stereocenters. The van der Waals surface area contributed by atoms with E-state index in [-0.39, 0.29) is 18.2 Å². The van der Waals surface area contributed by atoms with Gasteiger partial charge in [0.1, 0.15) is 23.9 Å². The minimum absolute atomic E-state index is 0.277. The van der Waals surface area contributed by atoms with E-state index >= 15 is 0 Å². The van der Waals surface area contributed by atoms with Gasteiger partial charge in [0.2, 0.25) is 0 Å². The third-order valence-corrected chi connectivity index (χ3v) is 6.32. The first kappa shape index (κ1) is 26.1. The van der Waals surface area contributed by atoms with Gasteiger partial charge in [-0.2, -0.15) is 0 Å². The summed E-state index contributed by atoms with van der Waals surface area (Å²) in [4.78, 5) is 27.4. The van der Waals surface area contributed by atoms with Crippen LogP contribution in [0.15, 0.2) is 54.6 Å². The van der Waals surface area contributed by atoms with Crippen LogP contribution in [0.1, 0.15) is 46.2 Å². The molecule has 2 heterocycles. The lowest BCUT2D eigenvalue weighted by atomic mass is 10.0. The van der Waals surface area contributed by atoms with Crippen LogP contribution in [0.2, 0.25) is 0 Å². The lowest BCUT2D eigenvalue weighted by Gasteiger charge is -2.32. The van der Waals surface area contributed by atoms with Gasteiger partial charge >= 0.3 is 12.1 Å². The summed E-state index contributed by atoms with van der Waals surface area (Å²) in [5, 5.41) is 3.32. The molecule has 0 aromatic heterocycles. The van der Waals surface area contributed by atoms with E-state index in [9.17, 15) is 9.59 Å². The number of likely N-dealkylation sites (tertiary alicyclic amines) is 1. The van der Waals surface area contributed by atoms with E-state index in [1.807, 2.05) is 89.2 Å². The highest BCUT2D eigenvalue weighted by Gasteiger charge is 2.54. The van der Waals surface area contributed by atoms with E-state index in [0.717, 1.165) is 16.7 Å².